The van der Waals surface area contributed by atoms with Gasteiger partial charge in [-0.1, -0.05) is 6.92 Å². The van der Waals surface area contributed by atoms with E-state index >= 15 is 0 Å². The molecular weight excluding hydrogens is 280 g/mol. The third-order valence-electron chi connectivity index (χ3n) is 3.45. The van der Waals surface area contributed by atoms with Crippen molar-refractivity contribution in [3.05, 3.63) is 21.4 Å². The molecule has 2 rings (SSSR count). The molecule has 0 amide bonds. The first kappa shape index (κ1) is 15.0. The minimum Gasteiger partial charge on any atom is -0.312 e. The summed E-state index contributed by atoms with van der Waals surface area (Å²) in [4.78, 5) is 4.95. The molecule has 0 unspecified atom stereocenters. The van der Waals surface area contributed by atoms with Gasteiger partial charge in [0.1, 0.15) is 0 Å². The van der Waals surface area contributed by atoms with Crippen LogP contribution in [0.2, 0.25) is 0 Å². The normalized spacial score (nSPS) is 19.7. The van der Waals surface area contributed by atoms with Gasteiger partial charge in [-0.15, -0.1) is 11.3 Å². The molecule has 0 aliphatic carbocycles. The number of nitrogens with zero attached hydrogens (tertiary/aromatic N) is 1. The molecule has 0 atom stereocenters. The summed E-state index contributed by atoms with van der Waals surface area (Å²) in [6.45, 7) is 8.38. The lowest BCUT2D eigenvalue weighted by atomic mass is 10.2. The Morgan fingerprint density at radius 1 is 1.37 bits per heavy atom. The van der Waals surface area contributed by atoms with Crippen LogP contribution in [-0.4, -0.2) is 44.5 Å². The summed E-state index contributed by atoms with van der Waals surface area (Å²) in [6, 6.07) is 2.26. The Morgan fingerprint density at radius 2 is 2.05 bits per heavy atom. The molecule has 19 heavy (non-hydrogen) atoms. The highest BCUT2D eigenvalue weighted by atomic mass is 32.2. The first-order chi connectivity index (χ1) is 9.00. The van der Waals surface area contributed by atoms with Crippen molar-refractivity contribution in [2.45, 2.75) is 26.9 Å². The van der Waals surface area contributed by atoms with Crippen LogP contribution in [0.25, 0.3) is 0 Å². The first-order valence-corrected chi connectivity index (χ1v) is 9.35. The highest BCUT2D eigenvalue weighted by Crippen LogP contribution is 2.23. The fourth-order valence-corrected chi connectivity index (χ4v) is 4.53. The van der Waals surface area contributed by atoms with Gasteiger partial charge in [-0.3, -0.25) is 4.90 Å². The van der Waals surface area contributed by atoms with E-state index in [1.54, 1.807) is 0 Å². The van der Waals surface area contributed by atoms with Gasteiger partial charge in [0.2, 0.25) is 0 Å². The van der Waals surface area contributed by atoms with Crippen LogP contribution in [0.5, 0.6) is 0 Å². The van der Waals surface area contributed by atoms with Gasteiger partial charge in [0.05, 0.1) is 11.5 Å². The Morgan fingerprint density at radius 3 is 2.68 bits per heavy atom. The second kappa shape index (κ2) is 6.35. The maximum atomic E-state index is 11.4. The molecule has 0 radical (unpaired) electrons. The van der Waals surface area contributed by atoms with Crippen LogP contribution in [-0.2, 0) is 22.9 Å². The van der Waals surface area contributed by atoms with E-state index < -0.39 is 9.84 Å². The molecular formula is C13H22N2O2S2. The monoisotopic (exact) mass is 302 g/mol. The minimum atomic E-state index is -2.77. The number of thiophene rings is 1. The Bertz CT molecular complexity index is 509. The summed E-state index contributed by atoms with van der Waals surface area (Å²) in [5, 5.41) is 3.34. The summed E-state index contributed by atoms with van der Waals surface area (Å²) in [5.74, 6) is 0.612. The van der Waals surface area contributed by atoms with E-state index in [0.29, 0.717) is 24.6 Å². The number of rotatable bonds is 5. The average Bonchev–Trinajstić information content (AvgIpc) is 2.70. The van der Waals surface area contributed by atoms with Gasteiger partial charge in [-0.2, -0.15) is 0 Å². The van der Waals surface area contributed by atoms with Gasteiger partial charge >= 0.3 is 0 Å². The second-order valence-electron chi connectivity index (χ2n) is 5.00. The average molecular weight is 302 g/mol. The fourth-order valence-electron chi connectivity index (χ4n) is 2.23. The van der Waals surface area contributed by atoms with Gasteiger partial charge in [0, 0.05) is 35.9 Å². The van der Waals surface area contributed by atoms with Crippen molar-refractivity contribution >= 4 is 21.2 Å². The van der Waals surface area contributed by atoms with Crippen LogP contribution in [0.1, 0.15) is 22.2 Å². The van der Waals surface area contributed by atoms with Crippen molar-refractivity contribution in [3.63, 3.8) is 0 Å². The molecule has 1 aliphatic rings. The standard InChI is InChI=1S/C13H22N2O2S2/c1-3-14-9-13-8-12(11(2)18-13)10-15-4-6-19(16,17)7-5-15/h8,14H,3-7,9-10H2,1-2H3. The van der Waals surface area contributed by atoms with Crippen molar-refractivity contribution in [2.24, 2.45) is 0 Å². The maximum Gasteiger partial charge on any atom is 0.152 e. The van der Waals surface area contributed by atoms with Crippen LogP contribution in [0, 0.1) is 6.92 Å². The van der Waals surface area contributed by atoms with E-state index in [4.69, 9.17) is 0 Å². The fraction of sp³-hybridized carbons (Fsp3) is 0.692. The van der Waals surface area contributed by atoms with Crippen molar-refractivity contribution in [2.75, 3.05) is 31.1 Å². The lowest BCUT2D eigenvalue weighted by molar-refractivity contribution is 0.287. The van der Waals surface area contributed by atoms with Crippen LogP contribution in [0.4, 0.5) is 0 Å². The maximum absolute atomic E-state index is 11.4. The number of hydrogen-bond donors (Lipinski definition) is 1. The Balaban J connectivity index is 1.94. The SMILES string of the molecule is CCNCc1cc(CN2CCS(=O)(=O)CC2)c(C)s1. The molecule has 0 spiro atoms. The summed E-state index contributed by atoms with van der Waals surface area (Å²) in [5.41, 5.74) is 1.34. The van der Waals surface area contributed by atoms with Crippen molar-refractivity contribution < 1.29 is 8.42 Å². The molecule has 1 aromatic rings. The highest BCUT2D eigenvalue weighted by Gasteiger charge is 2.22. The third kappa shape index (κ3) is 4.27. The van der Waals surface area contributed by atoms with E-state index in [-0.39, 0.29) is 0 Å². The quantitative estimate of drug-likeness (QED) is 0.893. The van der Waals surface area contributed by atoms with Gasteiger partial charge in [0.15, 0.2) is 9.84 Å². The van der Waals surface area contributed by atoms with E-state index in [1.807, 2.05) is 11.3 Å². The zero-order valence-electron chi connectivity index (χ0n) is 11.6. The van der Waals surface area contributed by atoms with Gasteiger partial charge < -0.3 is 5.32 Å². The first-order valence-electron chi connectivity index (χ1n) is 6.72. The summed E-state index contributed by atoms with van der Waals surface area (Å²) in [7, 11) is -2.77. The predicted molar refractivity (Wildman–Crippen MR) is 80.4 cm³/mol. The number of hydrogen-bond acceptors (Lipinski definition) is 5. The van der Waals surface area contributed by atoms with Gasteiger partial charge in [-0.05, 0) is 25.1 Å². The zero-order chi connectivity index (χ0) is 13.9. The van der Waals surface area contributed by atoms with E-state index in [9.17, 15) is 8.42 Å². The summed E-state index contributed by atoms with van der Waals surface area (Å²) in [6.07, 6.45) is 0. The zero-order valence-corrected chi connectivity index (χ0v) is 13.2. The highest BCUT2D eigenvalue weighted by molar-refractivity contribution is 7.91. The van der Waals surface area contributed by atoms with Crippen molar-refractivity contribution in [1.82, 2.24) is 10.2 Å². The Hall–Kier alpha value is -0.430. The molecule has 1 aromatic heterocycles. The smallest absolute Gasteiger partial charge is 0.152 e. The molecule has 1 N–H and O–H groups in total. The molecule has 6 heteroatoms. The molecule has 0 aromatic carbocycles. The Kier molecular flexibility index (Phi) is 5.00. The van der Waals surface area contributed by atoms with E-state index in [1.165, 1.54) is 15.3 Å². The van der Waals surface area contributed by atoms with Crippen LogP contribution >= 0.6 is 11.3 Å². The largest absolute Gasteiger partial charge is 0.312 e. The molecule has 1 saturated heterocycles. The summed E-state index contributed by atoms with van der Waals surface area (Å²) < 4.78 is 22.8. The van der Waals surface area contributed by atoms with Crippen molar-refractivity contribution in [3.8, 4) is 0 Å². The van der Waals surface area contributed by atoms with E-state index in [2.05, 4.69) is 30.1 Å². The minimum absolute atomic E-state index is 0.306. The molecule has 1 fully saturated rings. The lowest BCUT2D eigenvalue weighted by Crippen LogP contribution is -2.39. The predicted octanol–water partition coefficient (Wildman–Crippen LogP) is 1.40. The number of aryl methyl sites for hydroxylation is 1. The second-order valence-corrected chi connectivity index (χ2v) is 8.65. The number of nitrogens with one attached hydrogen (secondary N) is 1. The van der Waals surface area contributed by atoms with Crippen LogP contribution in [0.3, 0.4) is 0 Å². The van der Waals surface area contributed by atoms with Crippen LogP contribution in [0.15, 0.2) is 6.07 Å². The van der Waals surface area contributed by atoms with E-state index in [0.717, 1.165) is 19.6 Å². The molecule has 2 heterocycles. The lowest BCUT2D eigenvalue weighted by Gasteiger charge is -2.26. The molecule has 0 bridgehead atoms. The van der Waals surface area contributed by atoms with Gasteiger partial charge in [-0.25, -0.2) is 8.42 Å². The van der Waals surface area contributed by atoms with Gasteiger partial charge in [0.25, 0.3) is 0 Å². The molecule has 4 nitrogen and oxygen atoms in total. The van der Waals surface area contributed by atoms with Crippen LogP contribution < -0.4 is 5.32 Å². The molecule has 0 saturated carbocycles. The molecule has 1 aliphatic heterocycles. The Labute approximate surface area is 119 Å². The summed E-state index contributed by atoms with van der Waals surface area (Å²) >= 11 is 1.84. The molecule has 108 valence electrons. The topological polar surface area (TPSA) is 49.4 Å². The third-order valence-corrected chi connectivity index (χ3v) is 6.15. The van der Waals surface area contributed by atoms with Crippen molar-refractivity contribution in [1.29, 1.82) is 0 Å². The number of sulfone groups is 1.